The summed E-state index contributed by atoms with van der Waals surface area (Å²) < 4.78 is 0. The Bertz CT molecular complexity index is 249. The molecule has 2 aliphatic rings. The molecule has 0 amide bonds. The van der Waals surface area contributed by atoms with Crippen LogP contribution in [0.5, 0.6) is 0 Å². The number of thioether (sulfide) groups is 1. The van der Waals surface area contributed by atoms with E-state index in [1.807, 2.05) is 11.8 Å². The molecule has 0 saturated carbocycles. The Hall–Kier alpha value is 0.230. The lowest BCUT2D eigenvalue weighted by atomic mass is 9.95. The van der Waals surface area contributed by atoms with E-state index in [2.05, 4.69) is 23.1 Å². The highest BCUT2D eigenvalue weighted by Crippen LogP contribution is 2.30. The Kier molecular flexibility index (Phi) is 4.75. The number of hydrogen-bond acceptors (Lipinski definition) is 4. The van der Waals surface area contributed by atoms with E-state index in [4.69, 9.17) is 5.73 Å². The molecule has 0 aliphatic carbocycles. The minimum absolute atomic E-state index is 0.280. The van der Waals surface area contributed by atoms with Crippen LogP contribution < -0.4 is 5.73 Å². The van der Waals surface area contributed by atoms with Gasteiger partial charge >= 0.3 is 0 Å². The van der Waals surface area contributed by atoms with Crippen molar-refractivity contribution in [3.63, 3.8) is 0 Å². The van der Waals surface area contributed by atoms with Gasteiger partial charge in [-0.05, 0) is 58.6 Å². The molecule has 3 nitrogen and oxygen atoms in total. The standard InChI is InChI=1S/C13H27N3S/c1-15-9-6-13(10-14,11-15)16-7-3-4-12(17-2)5-8-16/h12H,3-11,14H2,1-2H3. The summed E-state index contributed by atoms with van der Waals surface area (Å²) in [6, 6.07) is 0. The van der Waals surface area contributed by atoms with E-state index in [0.29, 0.717) is 0 Å². The highest BCUT2D eigenvalue weighted by atomic mass is 32.2. The first-order valence-corrected chi connectivity index (χ1v) is 8.15. The number of rotatable bonds is 3. The molecule has 0 spiro atoms. The molecule has 0 aromatic heterocycles. The largest absolute Gasteiger partial charge is 0.329 e. The van der Waals surface area contributed by atoms with Gasteiger partial charge in [-0.3, -0.25) is 4.90 Å². The van der Waals surface area contributed by atoms with E-state index in [1.54, 1.807) is 0 Å². The highest BCUT2D eigenvalue weighted by molar-refractivity contribution is 7.99. The molecule has 2 fully saturated rings. The van der Waals surface area contributed by atoms with Crippen LogP contribution in [0.1, 0.15) is 25.7 Å². The van der Waals surface area contributed by atoms with Crippen LogP contribution >= 0.6 is 11.8 Å². The molecule has 4 heteroatoms. The van der Waals surface area contributed by atoms with Crippen LogP contribution in [-0.2, 0) is 0 Å². The summed E-state index contributed by atoms with van der Waals surface area (Å²) in [4.78, 5) is 5.14. The molecule has 0 bridgehead atoms. The van der Waals surface area contributed by atoms with Crippen LogP contribution in [-0.4, -0.2) is 66.6 Å². The van der Waals surface area contributed by atoms with Gasteiger partial charge in [0.15, 0.2) is 0 Å². The number of hydrogen-bond donors (Lipinski definition) is 1. The third kappa shape index (κ3) is 2.98. The van der Waals surface area contributed by atoms with Crippen LogP contribution in [0.2, 0.25) is 0 Å². The van der Waals surface area contributed by atoms with Crippen molar-refractivity contribution in [2.75, 3.05) is 46.0 Å². The summed E-state index contributed by atoms with van der Waals surface area (Å²) >= 11 is 2.04. The van der Waals surface area contributed by atoms with Crippen LogP contribution in [0, 0.1) is 0 Å². The van der Waals surface area contributed by atoms with Crippen molar-refractivity contribution in [3.8, 4) is 0 Å². The van der Waals surface area contributed by atoms with Gasteiger partial charge < -0.3 is 10.6 Å². The molecular formula is C13H27N3S. The van der Waals surface area contributed by atoms with Gasteiger partial charge in [-0.15, -0.1) is 0 Å². The van der Waals surface area contributed by atoms with Crippen molar-refractivity contribution in [2.45, 2.75) is 36.5 Å². The Morgan fingerprint density at radius 2 is 2.12 bits per heavy atom. The smallest absolute Gasteiger partial charge is 0.0470 e. The summed E-state index contributed by atoms with van der Waals surface area (Å²) in [7, 11) is 2.22. The second-order valence-corrected chi connectivity index (χ2v) is 6.83. The SMILES string of the molecule is CSC1CCCN(C2(CN)CCN(C)C2)CC1. The second kappa shape index (κ2) is 5.91. The zero-order valence-corrected chi connectivity index (χ0v) is 12.1. The predicted molar refractivity (Wildman–Crippen MR) is 76.6 cm³/mol. The van der Waals surface area contributed by atoms with Gasteiger partial charge in [0.2, 0.25) is 0 Å². The molecular weight excluding hydrogens is 230 g/mol. The topological polar surface area (TPSA) is 32.5 Å². The van der Waals surface area contributed by atoms with E-state index in [0.717, 1.165) is 18.3 Å². The van der Waals surface area contributed by atoms with Crippen molar-refractivity contribution in [3.05, 3.63) is 0 Å². The average molecular weight is 257 g/mol. The molecule has 0 radical (unpaired) electrons. The van der Waals surface area contributed by atoms with Gasteiger partial charge in [-0.1, -0.05) is 0 Å². The Labute approximate surface area is 110 Å². The first kappa shape index (κ1) is 13.7. The fourth-order valence-electron chi connectivity index (χ4n) is 3.39. The van der Waals surface area contributed by atoms with Gasteiger partial charge in [0.1, 0.15) is 0 Å². The van der Waals surface area contributed by atoms with Crippen LogP contribution in [0.15, 0.2) is 0 Å². The van der Waals surface area contributed by atoms with Gasteiger partial charge in [0, 0.05) is 23.9 Å². The lowest BCUT2D eigenvalue weighted by Crippen LogP contribution is -2.55. The second-order valence-electron chi connectivity index (χ2n) is 5.69. The van der Waals surface area contributed by atoms with Crippen molar-refractivity contribution < 1.29 is 0 Å². The maximum Gasteiger partial charge on any atom is 0.0470 e. The summed E-state index contributed by atoms with van der Waals surface area (Å²) in [5.41, 5.74) is 6.39. The molecule has 2 saturated heterocycles. The van der Waals surface area contributed by atoms with Gasteiger partial charge in [-0.2, -0.15) is 11.8 Å². The van der Waals surface area contributed by atoms with Crippen LogP contribution in [0.4, 0.5) is 0 Å². The number of nitrogens with two attached hydrogens (primary N) is 1. The molecule has 2 rings (SSSR count). The quantitative estimate of drug-likeness (QED) is 0.824. The maximum atomic E-state index is 6.11. The molecule has 17 heavy (non-hydrogen) atoms. The molecule has 0 aromatic rings. The Morgan fingerprint density at radius 3 is 2.71 bits per heavy atom. The fourth-order valence-corrected chi connectivity index (χ4v) is 4.13. The monoisotopic (exact) mass is 257 g/mol. The molecule has 2 N–H and O–H groups in total. The maximum absolute atomic E-state index is 6.11. The molecule has 0 aromatic carbocycles. The minimum Gasteiger partial charge on any atom is -0.329 e. The fraction of sp³-hybridized carbons (Fsp3) is 1.00. The van der Waals surface area contributed by atoms with Gasteiger partial charge in [0.05, 0.1) is 0 Å². The molecule has 2 unspecified atom stereocenters. The highest BCUT2D eigenvalue weighted by Gasteiger charge is 2.41. The van der Waals surface area contributed by atoms with Crippen molar-refractivity contribution >= 4 is 11.8 Å². The van der Waals surface area contributed by atoms with E-state index >= 15 is 0 Å². The molecule has 2 atom stereocenters. The Balaban J connectivity index is 2.00. The summed E-state index contributed by atoms with van der Waals surface area (Å²) in [6.45, 7) is 5.69. The number of likely N-dealkylation sites (N-methyl/N-ethyl adjacent to an activating group) is 1. The van der Waals surface area contributed by atoms with E-state index in [9.17, 15) is 0 Å². The third-order valence-electron chi connectivity index (χ3n) is 4.58. The van der Waals surface area contributed by atoms with Gasteiger partial charge in [0.25, 0.3) is 0 Å². The summed E-state index contributed by atoms with van der Waals surface area (Å²) in [5, 5.41) is 0.869. The minimum atomic E-state index is 0.280. The zero-order chi connectivity index (χ0) is 12.3. The van der Waals surface area contributed by atoms with E-state index in [1.165, 1.54) is 45.3 Å². The first-order chi connectivity index (χ1) is 8.20. The van der Waals surface area contributed by atoms with Crippen molar-refractivity contribution in [1.82, 2.24) is 9.80 Å². The average Bonchev–Trinajstić information content (AvgIpc) is 2.59. The molecule has 2 aliphatic heterocycles. The first-order valence-electron chi connectivity index (χ1n) is 6.87. The van der Waals surface area contributed by atoms with Gasteiger partial charge in [-0.25, -0.2) is 0 Å². The van der Waals surface area contributed by atoms with Crippen LogP contribution in [0.25, 0.3) is 0 Å². The van der Waals surface area contributed by atoms with Crippen molar-refractivity contribution in [1.29, 1.82) is 0 Å². The summed E-state index contributed by atoms with van der Waals surface area (Å²) in [5.74, 6) is 0. The third-order valence-corrected chi connectivity index (χ3v) is 5.72. The lowest BCUT2D eigenvalue weighted by Gasteiger charge is -2.40. The van der Waals surface area contributed by atoms with E-state index < -0.39 is 0 Å². The lowest BCUT2D eigenvalue weighted by molar-refractivity contribution is 0.106. The Morgan fingerprint density at radius 1 is 1.29 bits per heavy atom. The normalized spacial score (nSPS) is 37.2. The van der Waals surface area contributed by atoms with Crippen molar-refractivity contribution in [2.24, 2.45) is 5.73 Å². The predicted octanol–water partition coefficient (Wildman–Crippen LogP) is 1.24. The number of nitrogens with zero attached hydrogens (tertiary/aromatic N) is 2. The molecule has 2 heterocycles. The number of likely N-dealkylation sites (tertiary alicyclic amines) is 2. The van der Waals surface area contributed by atoms with E-state index in [-0.39, 0.29) is 5.54 Å². The zero-order valence-electron chi connectivity index (χ0n) is 11.3. The van der Waals surface area contributed by atoms with Crippen LogP contribution in [0.3, 0.4) is 0 Å². The molecule has 100 valence electrons. The summed E-state index contributed by atoms with van der Waals surface area (Å²) in [6.07, 6.45) is 7.57.